The number of hydrogen-bond acceptors (Lipinski definition) is 6. The third-order valence-electron chi connectivity index (χ3n) is 5.44. The molecule has 3 rings (SSSR count). The molecule has 1 aromatic carbocycles. The minimum Gasteiger partial charge on any atom is -0.497 e. The van der Waals surface area contributed by atoms with Crippen molar-refractivity contribution in [3.63, 3.8) is 0 Å². The molecule has 0 aliphatic carbocycles. The number of hydrogen-bond donors (Lipinski definition) is 4. The molecule has 0 unspecified atom stereocenters. The standard InChI is InChI=1S/C20H31N3O4/c1-26-16-6-4-14(5-7-16)11-17-19(18(24)13-23-17)27-20(25)22-9-2-3-15-8-10-21-12-15/h4-7,15,17-19,21,23-24H,2-3,8-13H2,1H3,(H,22,25)/t15-,17+,18-,19-/m0/s1. The summed E-state index contributed by atoms with van der Waals surface area (Å²) in [5.74, 6) is 1.52. The molecule has 1 amide bonds. The maximum Gasteiger partial charge on any atom is 0.407 e. The molecule has 2 fully saturated rings. The molecule has 4 N–H and O–H groups in total. The highest BCUT2D eigenvalue weighted by atomic mass is 16.6. The third-order valence-corrected chi connectivity index (χ3v) is 5.44. The van der Waals surface area contributed by atoms with Crippen molar-refractivity contribution in [3.05, 3.63) is 29.8 Å². The van der Waals surface area contributed by atoms with Crippen LogP contribution in [0.1, 0.15) is 24.8 Å². The average molecular weight is 377 g/mol. The van der Waals surface area contributed by atoms with E-state index < -0.39 is 18.3 Å². The van der Waals surface area contributed by atoms with Crippen LogP contribution < -0.4 is 20.7 Å². The van der Waals surface area contributed by atoms with Crippen molar-refractivity contribution >= 4 is 6.09 Å². The maximum atomic E-state index is 12.1. The zero-order chi connectivity index (χ0) is 19.1. The van der Waals surface area contributed by atoms with E-state index in [1.807, 2.05) is 24.3 Å². The van der Waals surface area contributed by atoms with E-state index in [0.29, 0.717) is 19.5 Å². The lowest BCUT2D eigenvalue weighted by Crippen LogP contribution is -2.41. The Bertz CT molecular complexity index is 589. The van der Waals surface area contributed by atoms with Crippen molar-refractivity contribution < 1.29 is 19.4 Å². The molecule has 150 valence electrons. The molecule has 2 aliphatic heterocycles. The van der Waals surface area contributed by atoms with Gasteiger partial charge in [0.05, 0.1) is 13.2 Å². The van der Waals surface area contributed by atoms with Gasteiger partial charge in [-0.05, 0) is 62.4 Å². The van der Waals surface area contributed by atoms with E-state index in [0.717, 1.165) is 43.2 Å². The predicted molar refractivity (Wildman–Crippen MR) is 103 cm³/mol. The zero-order valence-electron chi connectivity index (χ0n) is 15.9. The molecule has 0 radical (unpaired) electrons. The van der Waals surface area contributed by atoms with Gasteiger partial charge in [-0.25, -0.2) is 4.79 Å². The molecule has 1 aromatic rings. The van der Waals surface area contributed by atoms with Crippen LogP contribution in [0.15, 0.2) is 24.3 Å². The molecule has 2 saturated heterocycles. The van der Waals surface area contributed by atoms with Crippen molar-refractivity contribution in [3.8, 4) is 5.75 Å². The van der Waals surface area contributed by atoms with Crippen LogP contribution in [-0.4, -0.2) is 62.7 Å². The molecule has 7 heteroatoms. The summed E-state index contributed by atoms with van der Waals surface area (Å²) in [5, 5.41) is 19.6. The summed E-state index contributed by atoms with van der Waals surface area (Å²) in [6.45, 7) is 3.21. The Morgan fingerprint density at radius 1 is 1.30 bits per heavy atom. The van der Waals surface area contributed by atoms with Crippen LogP contribution in [0.25, 0.3) is 0 Å². The van der Waals surface area contributed by atoms with Crippen molar-refractivity contribution in [1.82, 2.24) is 16.0 Å². The highest BCUT2D eigenvalue weighted by Gasteiger charge is 2.37. The minimum atomic E-state index is -0.691. The van der Waals surface area contributed by atoms with Crippen LogP contribution in [0.4, 0.5) is 4.79 Å². The molecule has 27 heavy (non-hydrogen) atoms. The summed E-state index contributed by atoms with van der Waals surface area (Å²) in [7, 11) is 1.64. The number of aliphatic hydroxyl groups excluding tert-OH is 1. The van der Waals surface area contributed by atoms with E-state index in [9.17, 15) is 9.90 Å². The number of ether oxygens (including phenoxy) is 2. The molecule has 7 nitrogen and oxygen atoms in total. The Labute approximate surface area is 160 Å². The van der Waals surface area contributed by atoms with Gasteiger partial charge < -0.3 is 30.5 Å². The molecular formula is C20H31N3O4. The highest BCUT2D eigenvalue weighted by Crippen LogP contribution is 2.19. The predicted octanol–water partition coefficient (Wildman–Crippen LogP) is 1.05. The number of β-amino-alcohol motifs (C(OH)–C–C–N with tert-alkyl or cyclic N) is 1. The molecular weight excluding hydrogens is 346 g/mol. The first-order valence-corrected chi connectivity index (χ1v) is 9.85. The Morgan fingerprint density at radius 2 is 2.11 bits per heavy atom. The van der Waals surface area contributed by atoms with E-state index in [1.54, 1.807) is 7.11 Å². The van der Waals surface area contributed by atoms with E-state index in [-0.39, 0.29) is 6.04 Å². The smallest absolute Gasteiger partial charge is 0.407 e. The fraction of sp³-hybridized carbons (Fsp3) is 0.650. The van der Waals surface area contributed by atoms with Gasteiger partial charge in [0.15, 0.2) is 0 Å². The largest absolute Gasteiger partial charge is 0.497 e. The normalized spacial score (nSPS) is 27.5. The number of rotatable bonds is 8. The van der Waals surface area contributed by atoms with Crippen LogP contribution in [0, 0.1) is 5.92 Å². The lowest BCUT2D eigenvalue weighted by atomic mass is 10.0. The first kappa shape index (κ1) is 19.9. The molecule has 0 aromatic heterocycles. The molecule has 0 saturated carbocycles. The van der Waals surface area contributed by atoms with E-state index in [1.165, 1.54) is 6.42 Å². The summed E-state index contributed by atoms with van der Waals surface area (Å²) in [5.41, 5.74) is 1.10. The highest BCUT2D eigenvalue weighted by molar-refractivity contribution is 5.67. The van der Waals surface area contributed by atoms with Crippen LogP contribution in [-0.2, 0) is 11.2 Å². The van der Waals surface area contributed by atoms with Gasteiger partial charge in [0.25, 0.3) is 0 Å². The Balaban J connectivity index is 1.42. The second kappa shape index (κ2) is 9.92. The van der Waals surface area contributed by atoms with E-state index >= 15 is 0 Å². The van der Waals surface area contributed by atoms with Gasteiger partial charge in [0.1, 0.15) is 18.0 Å². The monoisotopic (exact) mass is 377 g/mol. The molecule has 4 atom stereocenters. The molecule has 2 aliphatic rings. The molecule has 0 spiro atoms. The van der Waals surface area contributed by atoms with Gasteiger partial charge in [-0.1, -0.05) is 12.1 Å². The van der Waals surface area contributed by atoms with Crippen LogP contribution in [0.2, 0.25) is 0 Å². The number of methoxy groups -OCH3 is 1. The minimum absolute atomic E-state index is 0.108. The number of carbonyl (C=O) groups is 1. The lowest BCUT2D eigenvalue weighted by molar-refractivity contribution is 0.0190. The van der Waals surface area contributed by atoms with Gasteiger partial charge in [-0.15, -0.1) is 0 Å². The van der Waals surface area contributed by atoms with Crippen molar-refractivity contribution in [1.29, 1.82) is 0 Å². The van der Waals surface area contributed by atoms with Crippen LogP contribution in [0.5, 0.6) is 5.75 Å². The number of alkyl carbamates (subject to hydrolysis) is 1. The topological polar surface area (TPSA) is 91.8 Å². The first-order chi connectivity index (χ1) is 13.2. The SMILES string of the molecule is COc1ccc(C[C@H]2NC[C@H](O)[C@H]2OC(=O)NCCC[C@H]2CCNC2)cc1. The van der Waals surface area contributed by atoms with E-state index in [2.05, 4.69) is 16.0 Å². The van der Waals surface area contributed by atoms with Crippen molar-refractivity contribution in [2.24, 2.45) is 5.92 Å². The summed E-state index contributed by atoms with van der Waals surface area (Å²) in [4.78, 5) is 12.1. The number of amides is 1. The van der Waals surface area contributed by atoms with Gasteiger partial charge >= 0.3 is 6.09 Å². The number of carbonyl (C=O) groups excluding carboxylic acids is 1. The van der Waals surface area contributed by atoms with E-state index in [4.69, 9.17) is 9.47 Å². The third kappa shape index (κ3) is 5.82. The Kier molecular flexibility index (Phi) is 7.32. The quantitative estimate of drug-likeness (QED) is 0.506. The van der Waals surface area contributed by atoms with Gasteiger partial charge in [-0.2, -0.15) is 0 Å². The summed E-state index contributed by atoms with van der Waals surface area (Å²) in [6.07, 6.45) is 2.26. The number of nitrogens with one attached hydrogen (secondary N) is 3. The lowest BCUT2D eigenvalue weighted by Gasteiger charge is -2.22. The fourth-order valence-electron chi connectivity index (χ4n) is 3.84. The number of aliphatic hydroxyl groups is 1. The molecule has 2 heterocycles. The number of benzene rings is 1. The van der Waals surface area contributed by atoms with Crippen LogP contribution in [0.3, 0.4) is 0 Å². The van der Waals surface area contributed by atoms with Gasteiger partial charge in [-0.3, -0.25) is 0 Å². The summed E-state index contributed by atoms with van der Waals surface area (Å²) < 4.78 is 10.7. The zero-order valence-corrected chi connectivity index (χ0v) is 15.9. The van der Waals surface area contributed by atoms with Crippen LogP contribution >= 0.6 is 0 Å². The Morgan fingerprint density at radius 3 is 2.81 bits per heavy atom. The first-order valence-electron chi connectivity index (χ1n) is 9.85. The van der Waals surface area contributed by atoms with Crippen molar-refractivity contribution in [2.75, 3.05) is 33.3 Å². The second-order valence-electron chi connectivity index (χ2n) is 7.43. The van der Waals surface area contributed by atoms with Gasteiger partial charge in [0.2, 0.25) is 0 Å². The summed E-state index contributed by atoms with van der Waals surface area (Å²) >= 11 is 0. The Hall–Kier alpha value is -1.83. The fourth-order valence-corrected chi connectivity index (χ4v) is 3.84. The maximum absolute atomic E-state index is 12.1. The second-order valence-corrected chi connectivity index (χ2v) is 7.43. The van der Waals surface area contributed by atoms with Gasteiger partial charge in [0, 0.05) is 13.1 Å². The average Bonchev–Trinajstić information content (AvgIpc) is 3.31. The molecule has 0 bridgehead atoms. The summed E-state index contributed by atoms with van der Waals surface area (Å²) in [6, 6.07) is 7.68. The van der Waals surface area contributed by atoms with Crippen molar-refractivity contribution in [2.45, 2.75) is 43.9 Å².